The highest BCUT2D eigenvalue weighted by Crippen LogP contribution is 2.38. The van der Waals surface area contributed by atoms with E-state index in [-0.39, 0.29) is 46.7 Å². The monoisotopic (exact) mass is 564 g/mol. The number of amides is 1. The first kappa shape index (κ1) is 27.2. The van der Waals surface area contributed by atoms with Gasteiger partial charge in [0.05, 0.1) is 17.5 Å². The molecule has 1 amide bonds. The second-order valence-electron chi connectivity index (χ2n) is 11.6. The van der Waals surface area contributed by atoms with E-state index in [1.54, 1.807) is 4.57 Å². The van der Waals surface area contributed by atoms with Crippen molar-refractivity contribution in [3.63, 3.8) is 0 Å². The summed E-state index contributed by atoms with van der Waals surface area (Å²) in [5.41, 5.74) is 0.549. The molecule has 3 aromatic rings. The number of rotatable bonds is 6. The van der Waals surface area contributed by atoms with Crippen LogP contribution in [0.15, 0.2) is 52.2 Å². The first-order chi connectivity index (χ1) is 19.5. The fraction of sp³-hybridized carbons (Fsp3) is 0.548. The van der Waals surface area contributed by atoms with Crippen molar-refractivity contribution in [2.24, 2.45) is 5.92 Å². The predicted molar refractivity (Wildman–Crippen MR) is 156 cm³/mol. The molecule has 9 heteroatoms. The molecule has 1 N–H and O–H groups in total. The summed E-state index contributed by atoms with van der Waals surface area (Å²) >= 11 is 1.86. The Bertz CT molecular complexity index is 1470. The zero-order valence-electron chi connectivity index (χ0n) is 22.8. The second kappa shape index (κ2) is 11.9. The van der Waals surface area contributed by atoms with Crippen molar-refractivity contribution in [1.29, 1.82) is 0 Å². The lowest BCUT2D eigenvalue weighted by Crippen LogP contribution is -2.47. The Morgan fingerprint density at radius 2 is 1.60 bits per heavy atom. The number of pyridine rings is 1. The highest BCUT2D eigenvalue weighted by molar-refractivity contribution is 7.99. The van der Waals surface area contributed by atoms with Crippen LogP contribution in [-0.2, 0) is 4.79 Å². The number of aromatic nitrogens is 3. The number of hydrogen-bond donors (Lipinski definition) is 1. The van der Waals surface area contributed by atoms with Gasteiger partial charge in [0.2, 0.25) is 5.91 Å². The van der Waals surface area contributed by atoms with E-state index in [2.05, 4.69) is 22.4 Å². The van der Waals surface area contributed by atoms with Crippen LogP contribution in [0, 0.1) is 11.7 Å². The van der Waals surface area contributed by atoms with Crippen molar-refractivity contribution in [2.45, 2.75) is 88.3 Å². The summed E-state index contributed by atoms with van der Waals surface area (Å²) in [5.74, 6) is 1.60. The first-order valence-corrected chi connectivity index (χ1v) is 15.9. The van der Waals surface area contributed by atoms with E-state index in [1.807, 2.05) is 30.0 Å². The van der Waals surface area contributed by atoms with Gasteiger partial charge in [-0.2, -0.15) is 11.8 Å². The topological polar surface area (TPSA) is 86.0 Å². The van der Waals surface area contributed by atoms with Crippen molar-refractivity contribution in [2.75, 3.05) is 11.5 Å². The lowest BCUT2D eigenvalue weighted by atomic mass is 9.83. The Hall–Kier alpha value is -2.94. The molecule has 1 unspecified atom stereocenters. The highest BCUT2D eigenvalue weighted by Gasteiger charge is 2.34. The van der Waals surface area contributed by atoms with Crippen LogP contribution in [0.3, 0.4) is 0 Å². The fourth-order valence-electron chi connectivity index (χ4n) is 7.16. The fourth-order valence-corrected chi connectivity index (χ4v) is 8.24. The van der Waals surface area contributed by atoms with Crippen LogP contribution in [0.1, 0.15) is 87.8 Å². The number of thioether (sulfide) groups is 1. The van der Waals surface area contributed by atoms with Crippen molar-refractivity contribution in [1.82, 2.24) is 19.4 Å². The third-order valence-corrected chi connectivity index (χ3v) is 10.2. The number of benzene rings is 1. The molecule has 1 saturated heterocycles. The molecule has 0 bridgehead atoms. The average molecular weight is 565 g/mol. The number of halogens is 1. The van der Waals surface area contributed by atoms with Crippen LogP contribution in [0.5, 0.6) is 0 Å². The molecular formula is C31H37FN4O3S. The number of fused-ring (bicyclic) bond motifs is 1. The molecule has 40 heavy (non-hydrogen) atoms. The van der Waals surface area contributed by atoms with Gasteiger partial charge in [-0.1, -0.05) is 43.2 Å². The van der Waals surface area contributed by atoms with Gasteiger partial charge >= 0.3 is 5.69 Å². The number of nitrogens with zero attached hydrogens (tertiary/aromatic N) is 3. The molecule has 7 nitrogen and oxygen atoms in total. The molecule has 0 spiro atoms. The number of carbonyl (C=O) groups is 1. The van der Waals surface area contributed by atoms with Gasteiger partial charge in [0.25, 0.3) is 5.56 Å². The van der Waals surface area contributed by atoms with Gasteiger partial charge < -0.3 is 5.32 Å². The molecule has 2 aliphatic carbocycles. The van der Waals surface area contributed by atoms with E-state index in [0.717, 1.165) is 48.9 Å². The zero-order chi connectivity index (χ0) is 27.6. The summed E-state index contributed by atoms with van der Waals surface area (Å²) in [4.78, 5) is 45.2. The van der Waals surface area contributed by atoms with Crippen LogP contribution in [-0.4, -0.2) is 37.6 Å². The predicted octanol–water partition coefficient (Wildman–Crippen LogP) is 5.34. The maximum absolute atomic E-state index is 14.2. The number of nitrogens with one attached hydrogen (secondary N) is 1. The lowest BCUT2D eigenvalue weighted by Gasteiger charge is -2.33. The quantitative estimate of drug-likeness (QED) is 0.437. The molecule has 212 valence electrons. The van der Waals surface area contributed by atoms with Crippen molar-refractivity contribution in [3.8, 4) is 0 Å². The van der Waals surface area contributed by atoms with Gasteiger partial charge in [0.15, 0.2) is 0 Å². The van der Waals surface area contributed by atoms with E-state index in [4.69, 9.17) is 0 Å². The minimum Gasteiger partial charge on any atom is -0.353 e. The first-order valence-electron chi connectivity index (χ1n) is 14.8. The maximum Gasteiger partial charge on any atom is 0.333 e. The van der Waals surface area contributed by atoms with E-state index >= 15 is 0 Å². The van der Waals surface area contributed by atoms with E-state index < -0.39 is 11.4 Å². The summed E-state index contributed by atoms with van der Waals surface area (Å²) in [6.45, 7) is 0. The van der Waals surface area contributed by atoms with Gasteiger partial charge in [0, 0.05) is 18.1 Å². The summed E-state index contributed by atoms with van der Waals surface area (Å²) in [7, 11) is 0. The molecule has 1 aliphatic heterocycles. The summed E-state index contributed by atoms with van der Waals surface area (Å²) in [5, 5.41) is 3.49. The van der Waals surface area contributed by atoms with Crippen LogP contribution in [0.25, 0.3) is 11.0 Å². The normalized spacial score (nSPS) is 23.3. The van der Waals surface area contributed by atoms with E-state index in [1.165, 1.54) is 23.5 Å². The van der Waals surface area contributed by atoms with Gasteiger partial charge in [0.1, 0.15) is 11.5 Å². The highest BCUT2D eigenvalue weighted by atomic mass is 32.2. The summed E-state index contributed by atoms with van der Waals surface area (Å²) < 4.78 is 17.2. The molecule has 2 saturated carbocycles. The SMILES string of the molecule is O=C(N[C@H]1CC[C@@H](n2c(=O)c3cc(F)cnc3n(C3CCSCC3)c2=O)CC1)C(c1ccccc1)C1CCCC1. The largest absolute Gasteiger partial charge is 0.353 e. The standard InChI is InChI=1S/C31H37FN4O3S/c32-22-18-26-28(33-19-22)35(25-14-16-40-17-15-25)31(39)36(30(26)38)24-12-10-23(11-13-24)34-29(37)27(21-8-4-5-9-21)20-6-2-1-3-7-20/h1-3,6-7,18-19,21,23-25,27H,4-5,8-17H2,(H,34,37)/t23-,24+,27?. The molecule has 3 heterocycles. The zero-order valence-corrected chi connectivity index (χ0v) is 23.6. The third kappa shape index (κ3) is 5.37. The van der Waals surface area contributed by atoms with Crippen molar-refractivity contribution in [3.05, 3.63) is 74.8 Å². The smallest absolute Gasteiger partial charge is 0.333 e. The van der Waals surface area contributed by atoms with Gasteiger partial charge in [-0.15, -0.1) is 0 Å². The Balaban J connectivity index is 1.23. The van der Waals surface area contributed by atoms with Gasteiger partial charge in [-0.3, -0.25) is 18.7 Å². The van der Waals surface area contributed by atoms with E-state index in [0.29, 0.717) is 31.6 Å². The van der Waals surface area contributed by atoms with Crippen LogP contribution in [0.2, 0.25) is 0 Å². The minimum atomic E-state index is -0.581. The van der Waals surface area contributed by atoms with Crippen molar-refractivity contribution < 1.29 is 9.18 Å². The molecule has 0 radical (unpaired) electrons. The lowest BCUT2D eigenvalue weighted by molar-refractivity contribution is -0.124. The molecule has 3 aliphatic rings. The summed E-state index contributed by atoms with van der Waals surface area (Å²) in [6, 6.07) is 11.0. The molecule has 6 rings (SSSR count). The maximum atomic E-state index is 14.2. The Kier molecular flexibility index (Phi) is 8.10. The van der Waals surface area contributed by atoms with Crippen LogP contribution < -0.4 is 16.6 Å². The number of carbonyl (C=O) groups excluding carboxylic acids is 1. The molecule has 1 atom stereocenters. The Morgan fingerprint density at radius 3 is 2.30 bits per heavy atom. The van der Waals surface area contributed by atoms with Crippen molar-refractivity contribution >= 4 is 28.7 Å². The third-order valence-electron chi connectivity index (χ3n) is 9.20. The number of hydrogen-bond acceptors (Lipinski definition) is 5. The molecular weight excluding hydrogens is 527 g/mol. The van der Waals surface area contributed by atoms with Crippen LogP contribution >= 0.6 is 11.8 Å². The Morgan fingerprint density at radius 1 is 0.925 bits per heavy atom. The van der Waals surface area contributed by atoms with Gasteiger partial charge in [-0.05, 0) is 80.4 Å². The van der Waals surface area contributed by atoms with Crippen LogP contribution in [0.4, 0.5) is 4.39 Å². The average Bonchev–Trinajstić information content (AvgIpc) is 3.50. The minimum absolute atomic E-state index is 0.00392. The molecule has 2 aromatic heterocycles. The molecule has 3 fully saturated rings. The molecule has 1 aromatic carbocycles. The van der Waals surface area contributed by atoms with E-state index in [9.17, 15) is 18.8 Å². The Labute approximate surface area is 237 Å². The summed E-state index contributed by atoms with van der Waals surface area (Å²) in [6.07, 6.45) is 9.80. The second-order valence-corrected chi connectivity index (χ2v) is 12.9. The van der Waals surface area contributed by atoms with Gasteiger partial charge in [-0.25, -0.2) is 14.2 Å².